The van der Waals surface area contributed by atoms with Gasteiger partial charge < -0.3 is 24.6 Å². The number of likely N-dealkylation sites (tertiary alicyclic amines) is 1. The Hall–Kier alpha value is -4.35. The van der Waals surface area contributed by atoms with Crippen LogP contribution in [-0.2, 0) is 20.7 Å². The number of hydrogen-bond acceptors (Lipinski definition) is 7. The van der Waals surface area contributed by atoms with Crippen molar-refractivity contribution < 1.29 is 38.7 Å². The van der Waals surface area contributed by atoms with Gasteiger partial charge >= 0.3 is 5.97 Å². The largest absolute Gasteiger partial charge is 0.498 e. The molecule has 0 saturated carbocycles. The van der Waals surface area contributed by atoms with Crippen LogP contribution in [0.25, 0.3) is 17.2 Å². The number of piperidine rings is 1. The van der Waals surface area contributed by atoms with E-state index in [-0.39, 0.29) is 25.1 Å². The molecule has 0 aromatic heterocycles. The van der Waals surface area contributed by atoms with Crippen molar-refractivity contribution in [3.05, 3.63) is 80.9 Å². The molecule has 6 atom stereocenters. The Morgan fingerprint density at radius 3 is 2.44 bits per heavy atom. The zero-order chi connectivity index (χ0) is 30.9. The van der Waals surface area contributed by atoms with E-state index in [0.717, 1.165) is 22.3 Å². The Labute approximate surface area is 247 Å². The first-order chi connectivity index (χ1) is 20.3. The second kappa shape index (κ2) is 8.39. The van der Waals surface area contributed by atoms with Gasteiger partial charge in [-0.25, -0.2) is 4.79 Å². The molecule has 3 saturated heterocycles. The molecule has 4 unspecified atom stereocenters. The summed E-state index contributed by atoms with van der Waals surface area (Å²) in [5.74, 6) is -2.41. The van der Waals surface area contributed by atoms with Gasteiger partial charge in [-0.05, 0) is 66.3 Å². The average Bonchev–Trinajstić information content (AvgIpc) is 3.40. The number of nitro groups is 1. The van der Waals surface area contributed by atoms with E-state index in [1.807, 2.05) is 30.4 Å². The molecule has 11 heteroatoms. The first-order valence-corrected chi connectivity index (χ1v) is 14.3. The van der Waals surface area contributed by atoms with Crippen LogP contribution in [0.5, 0.6) is 0 Å². The number of carboxylic acid groups (broad SMARTS) is 2. The average molecular weight is 586 g/mol. The number of benzene rings is 2. The van der Waals surface area contributed by atoms with Gasteiger partial charge in [-0.3, -0.25) is 19.4 Å². The van der Waals surface area contributed by atoms with E-state index in [1.165, 1.54) is 36.3 Å². The van der Waals surface area contributed by atoms with Crippen LogP contribution >= 0.6 is 0 Å². The number of amides is 2. The molecule has 11 nitrogen and oxygen atoms in total. The molecule has 0 spiro atoms. The summed E-state index contributed by atoms with van der Waals surface area (Å²) >= 11 is 0. The number of quaternary nitrogens is 1. The summed E-state index contributed by atoms with van der Waals surface area (Å²) in [6, 6.07) is 9.63. The molecule has 2 aromatic rings. The van der Waals surface area contributed by atoms with Gasteiger partial charge in [-0.15, -0.1) is 0 Å². The molecule has 3 heterocycles. The number of nitrogens with zero attached hydrogens (tertiary/aromatic N) is 3. The normalized spacial score (nSPS) is 33.1. The first kappa shape index (κ1) is 27.5. The van der Waals surface area contributed by atoms with Crippen molar-refractivity contribution in [2.75, 3.05) is 13.7 Å². The molecule has 222 valence electrons. The van der Waals surface area contributed by atoms with Crippen molar-refractivity contribution in [1.29, 1.82) is 0 Å². The van der Waals surface area contributed by atoms with Gasteiger partial charge in [0.15, 0.2) is 11.6 Å². The smallest absolute Gasteiger partial charge is 0.333 e. The van der Waals surface area contributed by atoms with Gasteiger partial charge in [0.25, 0.3) is 17.7 Å². The van der Waals surface area contributed by atoms with E-state index in [1.54, 1.807) is 20.8 Å². The van der Waals surface area contributed by atoms with E-state index in [2.05, 4.69) is 0 Å². The first-order valence-electron chi connectivity index (χ1n) is 14.3. The highest BCUT2D eigenvalue weighted by molar-refractivity contribution is 6.14. The maximum atomic E-state index is 14.4. The molecular formula is C32H31N3O8. The zero-order valence-electron chi connectivity index (χ0n) is 24.2. The fourth-order valence-electron chi connectivity index (χ4n) is 9.09. The van der Waals surface area contributed by atoms with E-state index in [0.29, 0.717) is 11.1 Å². The SMILES string of the molecule is COC1(C2=CC3=Cc4cccc2c43)C2CC[N+](C(=O)[O-])(C(C)(C)C)[C@@H]3C(=O)N([C@H]23)C1(Cc1ccc([N+](=O)[O-])cc1)C(=O)O. The molecule has 2 aliphatic carbocycles. The highest BCUT2D eigenvalue weighted by Crippen LogP contribution is 2.67. The predicted molar refractivity (Wildman–Crippen MR) is 152 cm³/mol. The maximum absolute atomic E-state index is 14.4. The van der Waals surface area contributed by atoms with Gasteiger partial charge in [0, 0.05) is 38.0 Å². The number of β-lactam (4-membered cyclic amide) rings is 1. The molecule has 2 amide bonds. The molecule has 0 radical (unpaired) electrons. The number of rotatable bonds is 6. The summed E-state index contributed by atoms with van der Waals surface area (Å²) in [5.41, 5.74) is 0.334. The molecule has 3 aliphatic heterocycles. The Balaban J connectivity index is 1.49. The third kappa shape index (κ3) is 2.94. The number of allylic oxidation sites excluding steroid dienone is 2. The van der Waals surface area contributed by atoms with Crippen LogP contribution < -0.4 is 5.11 Å². The summed E-state index contributed by atoms with van der Waals surface area (Å²) in [4.78, 5) is 53.4. The Kier molecular flexibility index (Phi) is 5.36. The Morgan fingerprint density at radius 2 is 1.86 bits per heavy atom. The number of hydrogen-bond donors (Lipinski definition) is 1. The van der Waals surface area contributed by atoms with Crippen LogP contribution in [0, 0.1) is 16.0 Å². The van der Waals surface area contributed by atoms with Crippen molar-refractivity contribution in [2.24, 2.45) is 5.92 Å². The fraction of sp³-hybridized carbons (Fsp3) is 0.406. The van der Waals surface area contributed by atoms with Gasteiger partial charge in [0.05, 0.1) is 17.0 Å². The van der Waals surface area contributed by atoms with E-state index in [9.17, 15) is 34.7 Å². The standard InChI is InChI=1S/C32H31N3O8/c1-30(2,3)35(29(39)40)13-12-22-25-26(35)27(36)33(25)31(28(37)38,16-17-8-10-20(11-9-17)34(41)42)32(22,43-4)23-15-19-14-18-6-5-7-21(23)24(18)19/h5-11,14-15,22,25-26H,12-13,16H2,1-4H3,(H-,37,38,39,40)/t22?,25-,26+,31?,32?,35?/m1/s1. The monoisotopic (exact) mass is 585 g/mol. The summed E-state index contributed by atoms with van der Waals surface area (Å²) in [5, 5.41) is 35.6. The van der Waals surface area contributed by atoms with E-state index < -0.39 is 62.1 Å². The summed E-state index contributed by atoms with van der Waals surface area (Å²) in [6.07, 6.45) is 2.66. The second-order valence-electron chi connectivity index (χ2n) is 13.2. The van der Waals surface area contributed by atoms with Gasteiger partial charge in [0.2, 0.25) is 0 Å². The van der Waals surface area contributed by atoms with Crippen LogP contribution in [0.4, 0.5) is 10.5 Å². The lowest BCUT2D eigenvalue weighted by Gasteiger charge is -2.63. The van der Waals surface area contributed by atoms with E-state index >= 15 is 0 Å². The molecular weight excluding hydrogens is 554 g/mol. The zero-order valence-corrected chi connectivity index (χ0v) is 24.2. The quantitative estimate of drug-likeness (QED) is 0.235. The summed E-state index contributed by atoms with van der Waals surface area (Å²) in [6.45, 7) is 5.35. The summed E-state index contributed by atoms with van der Waals surface area (Å²) < 4.78 is 5.89. The number of carboxylic acids is 1. The van der Waals surface area contributed by atoms with Crippen LogP contribution in [0.3, 0.4) is 0 Å². The molecule has 1 N–H and O–H groups in total. The summed E-state index contributed by atoms with van der Waals surface area (Å²) in [7, 11) is 1.46. The highest BCUT2D eigenvalue weighted by Gasteiger charge is 2.86. The molecule has 0 bridgehead atoms. The number of methoxy groups -OCH3 is 1. The Bertz CT molecular complexity index is 1720. The predicted octanol–water partition coefficient (Wildman–Crippen LogP) is 2.87. The second-order valence-corrected chi connectivity index (χ2v) is 13.2. The molecule has 7 rings (SSSR count). The van der Waals surface area contributed by atoms with Gasteiger partial charge in [-0.1, -0.05) is 30.3 Å². The van der Waals surface area contributed by atoms with Gasteiger partial charge in [0.1, 0.15) is 11.6 Å². The number of carbonyl (C=O) groups excluding carboxylic acids is 2. The number of nitro benzene ring substituents is 1. The molecule has 43 heavy (non-hydrogen) atoms. The number of carbonyl (C=O) groups is 3. The lowest BCUT2D eigenvalue weighted by molar-refractivity contribution is -0.944. The molecule has 5 aliphatic rings. The molecule has 3 fully saturated rings. The van der Waals surface area contributed by atoms with Crippen molar-refractivity contribution in [3.8, 4) is 0 Å². The van der Waals surface area contributed by atoms with Crippen molar-refractivity contribution in [1.82, 2.24) is 4.90 Å². The molecule has 2 aromatic carbocycles. The van der Waals surface area contributed by atoms with Crippen LogP contribution in [-0.4, -0.2) is 79.8 Å². The highest BCUT2D eigenvalue weighted by atomic mass is 16.6. The maximum Gasteiger partial charge on any atom is 0.333 e. The lowest BCUT2D eigenvalue weighted by Crippen LogP contribution is -2.87. The number of aliphatic carboxylic acids is 1. The van der Waals surface area contributed by atoms with Gasteiger partial charge in [-0.2, -0.15) is 0 Å². The van der Waals surface area contributed by atoms with Crippen LogP contribution in [0.2, 0.25) is 0 Å². The fourth-order valence-corrected chi connectivity index (χ4v) is 9.09. The third-order valence-corrected chi connectivity index (χ3v) is 10.8. The van der Waals surface area contributed by atoms with Crippen LogP contribution in [0.15, 0.2) is 48.5 Å². The topological polar surface area (TPSA) is 150 Å². The number of non-ortho nitro benzene ring substituents is 1. The third-order valence-electron chi connectivity index (χ3n) is 10.8. The van der Waals surface area contributed by atoms with Crippen LogP contribution in [0.1, 0.15) is 49.4 Å². The Morgan fingerprint density at radius 1 is 1.16 bits per heavy atom. The van der Waals surface area contributed by atoms with Crippen molar-refractivity contribution in [2.45, 2.75) is 62.4 Å². The van der Waals surface area contributed by atoms with Crippen molar-refractivity contribution in [3.63, 3.8) is 0 Å². The minimum atomic E-state index is -1.98. The lowest BCUT2D eigenvalue weighted by atomic mass is 9.63. The minimum absolute atomic E-state index is 0.0679. The minimum Gasteiger partial charge on any atom is -0.498 e. The number of ether oxygens (including phenoxy) is 1. The van der Waals surface area contributed by atoms with E-state index in [4.69, 9.17) is 4.74 Å². The van der Waals surface area contributed by atoms with Crippen molar-refractivity contribution >= 4 is 40.9 Å².